The van der Waals surface area contributed by atoms with Gasteiger partial charge in [0.2, 0.25) is 0 Å². The Kier molecular flexibility index (Phi) is 4.05. The molecule has 21 heavy (non-hydrogen) atoms. The summed E-state index contributed by atoms with van der Waals surface area (Å²) < 4.78 is 12.3. The first kappa shape index (κ1) is 14.6. The molecule has 2 atom stereocenters. The van der Waals surface area contributed by atoms with Gasteiger partial charge in [-0.1, -0.05) is 25.1 Å². The summed E-state index contributed by atoms with van der Waals surface area (Å²) in [6.45, 7) is 8.18. The molecule has 0 amide bonds. The van der Waals surface area contributed by atoms with Crippen LogP contribution in [0.2, 0.25) is 0 Å². The molecule has 2 unspecified atom stereocenters. The van der Waals surface area contributed by atoms with Crippen molar-refractivity contribution in [2.75, 3.05) is 13.2 Å². The predicted octanol–water partition coefficient (Wildman–Crippen LogP) is 4.35. The van der Waals surface area contributed by atoms with Crippen LogP contribution >= 0.6 is 0 Å². The maximum Gasteiger partial charge on any atom is 0.137 e. The Morgan fingerprint density at radius 2 is 2.19 bits per heavy atom. The number of likely N-dealkylation sites (N-methyl/N-ethyl adjacent to an activating group) is 1. The molecule has 3 rings (SSSR count). The average molecular weight is 287 g/mol. The lowest BCUT2D eigenvalue weighted by Crippen LogP contribution is -2.45. The largest absolute Gasteiger partial charge is 0.459 e. The highest BCUT2D eigenvalue weighted by Crippen LogP contribution is 2.38. The number of aryl methyl sites for hydroxylation is 1. The summed E-state index contributed by atoms with van der Waals surface area (Å²) in [5.74, 6) is 0.991. The number of hydrogen-bond acceptors (Lipinski definition) is 3. The Balaban J connectivity index is 2.00. The lowest BCUT2D eigenvalue weighted by Gasteiger charge is -2.40. The highest BCUT2D eigenvalue weighted by molar-refractivity contribution is 5.81. The average Bonchev–Trinajstić information content (AvgIpc) is 2.90. The van der Waals surface area contributed by atoms with E-state index < -0.39 is 0 Å². The minimum Gasteiger partial charge on any atom is -0.459 e. The second-order valence-corrected chi connectivity index (χ2v) is 6.25. The molecule has 1 saturated heterocycles. The predicted molar refractivity (Wildman–Crippen MR) is 85.6 cm³/mol. The molecule has 3 heteroatoms. The number of benzene rings is 1. The molecule has 0 bridgehead atoms. The second kappa shape index (κ2) is 5.82. The standard InChI is InChI=1S/C18H25NO2/c1-4-19-17(18(3)10-5-6-11-20-18)15-12-14-9-7-8-13(2)16(14)21-15/h7-9,12,17,19H,4-6,10-11H2,1-3H3. The molecule has 114 valence electrons. The van der Waals surface area contributed by atoms with Crippen LogP contribution in [0.3, 0.4) is 0 Å². The molecule has 1 N–H and O–H groups in total. The lowest BCUT2D eigenvalue weighted by molar-refractivity contribution is -0.0930. The summed E-state index contributed by atoms with van der Waals surface area (Å²) in [5, 5.41) is 4.74. The van der Waals surface area contributed by atoms with E-state index in [-0.39, 0.29) is 11.6 Å². The Labute approximate surface area is 126 Å². The van der Waals surface area contributed by atoms with E-state index in [1.807, 2.05) is 0 Å². The molecular formula is C18H25NO2. The fraction of sp³-hybridized carbons (Fsp3) is 0.556. The fourth-order valence-electron chi connectivity index (χ4n) is 3.38. The fourth-order valence-corrected chi connectivity index (χ4v) is 3.38. The van der Waals surface area contributed by atoms with Gasteiger partial charge in [-0.25, -0.2) is 0 Å². The summed E-state index contributed by atoms with van der Waals surface area (Å²) >= 11 is 0. The zero-order valence-corrected chi connectivity index (χ0v) is 13.2. The van der Waals surface area contributed by atoms with Gasteiger partial charge in [0.15, 0.2) is 0 Å². The molecule has 1 aliphatic heterocycles. The number of furan rings is 1. The number of ether oxygens (including phenoxy) is 1. The van der Waals surface area contributed by atoms with Crippen molar-refractivity contribution in [2.45, 2.75) is 51.7 Å². The van der Waals surface area contributed by atoms with Crippen molar-refractivity contribution < 1.29 is 9.15 Å². The SMILES string of the molecule is CCNC(c1cc2cccc(C)c2o1)C1(C)CCCCO1. The third kappa shape index (κ3) is 2.72. The molecule has 3 nitrogen and oxygen atoms in total. The van der Waals surface area contributed by atoms with Crippen LogP contribution in [0.5, 0.6) is 0 Å². The van der Waals surface area contributed by atoms with Crippen molar-refractivity contribution in [1.29, 1.82) is 0 Å². The molecule has 2 aromatic rings. The summed E-state index contributed by atoms with van der Waals surface area (Å²) in [5.41, 5.74) is 1.99. The van der Waals surface area contributed by atoms with E-state index in [4.69, 9.17) is 9.15 Å². The third-order valence-corrected chi connectivity index (χ3v) is 4.56. The smallest absolute Gasteiger partial charge is 0.137 e. The van der Waals surface area contributed by atoms with Crippen molar-refractivity contribution >= 4 is 11.0 Å². The number of nitrogens with one attached hydrogen (secondary N) is 1. The molecule has 1 aromatic carbocycles. The lowest BCUT2D eigenvalue weighted by atomic mass is 9.86. The van der Waals surface area contributed by atoms with Crippen LogP contribution in [0.25, 0.3) is 11.0 Å². The van der Waals surface area contributed by atoms with Gasteiger partial charge in [0.1, 0.15) is 11.3 Å². The van der Waals surface area contributed by atoms with Crippen LogP contribution < -0.4 is 5.32 Å². The van der Waals surface area contributed by atoms with E-state index in [2.05, 4.69) is 50.4 Å². The van der Waals surface area contributed by atoms with E-state index >= 15 is 0 Å². The van der Waals surface area contributed by atoms with Crippen LogP contribution in [-0.4, -0.2) is 18.8 Å². The maximum atomic E-state index is 6.19. The molecule has 2 heterocycles. The van der Waals surface area contributed by atoms with E-state index in [1.165, 1.54) is 17.4 Å². The topological polar surface area (TPSA) is 34.4 Å². The van der Waals surface area contributed by atoms with Gasteiger partial charge in [-0.2, -0.15) is 0 Å². The molecule has 1 aliphatic rings. The van der Waals surface area contributed by atoms with Gasteiger partial charge < -0.3 is 14.5 Å². The highest BCUT2D eigenvalue weighted by Gasteiger charge is 2.39. The van der Waals surface area contributed by atoms with Crippen LogP contribution in [-0.2, 0) is 4.74 Å². The van der Waals surface area contributed by atoms with Gasteiger partial charge in [0.05, 0.1) is 11.6 Å². The monoisotopic (exact) mass is 287 g/mol. The van der Waals surface area contributed by atoms with Gasteiger partial charge >= 0.3 is 0 Å². The number of fused-ring (bicyclic) bond motifs is 1. The van der Waals surface area contributed by atoms with E-state index in [0.29, 0.717) is 0 Å². The van der Waals surface area contributed by atoms with Crippen LogP contribution in [0, 0.1) is 6.92 Å². The highest BCUT2D eigenvalue weighted by atomic mass is 16.5. The van der Waals surface area contributed by atoms with Crippen molar-refractivity contribution in [1.82, 2.24) is 5.32 Å². The summed E-state index contributed by atoms with van der Waals surface area (Å²) in [4.78, 5) is 0. The first-order valence-corrected chi connectivity index (χ1v) is 8.00. The van der Waals surface area contributed by atoms with Crippen LogP contribution in [0.1, 0.15) is 50.5 Å². The third-order valence-electron chi connectivity index (χ3n) is 4.56. The molecule has 0 aliphatic carbocycles. The number of para-hydroxylation sites is 1. The minimum absolute atomic E-state index is 0.106. The minimum atomic E-state index is -0.184. The Bertz CT molecular complexity index is 611. The van der Waals surface area contributed by atoms with Gasteiger partial charge in [-0.05, 0) is 51.3 Å². The first-order chi connectivity index (χ1) is 10.1. The number of hydrogen-bond donors (Lipinski definition) is 1. The van der Waals surface area contributed by atoms with Crippen molar-refractivity contribution in [3.8, 4) is 0 Å². The Hall–Kier alpha value is -1.32. The molecule has 1 fully saturated rings. The first-order valence-electron chi connectivity index (χ1n) is 8.00. The maximum absolute atomic E-state index is 6.19. The zero-order chi connectivity index (χ0) is 14.9. The zero-order valence-electron chi connectivity index (χ0n) is 13.2. The van der Waals surface area contributed by atoms with Gasteiger partial charge in [-0.3, -0.25) is 0 Å². The number of rotatable bonds is 4. The molecule has 1 aromatic heterocycles. The quantitative estimate of drug-likeness (QED) is 0.907. The van der Waals surface area contributed by atoms with E-state index in [1.54, 1.807) is 0 Å². The normalized spacial score (nSPS) is 24.3. The summed E-state index contributed by atoms with van der Waals surface area (Å²) in [6.07, 6.45) is 3.45. The van der Waals surface area contributed by atoms with Gasteiger partial charge in [0.25, 0.3) is 0 Å². The van der Waals surface area contributed by atoms with E-state index in [9.17, 15) is 0 Å². The van der Waals surface area contributed by atoms with Gasteiger partial charge in [0, 0.05) is 12.0 Å². The van der Waals surface area contributed by atoms with E-state index in [0.717, 1.165) is 37.3 Å². The van der Waals surface area contributed by atoms with Crippen LogP contribution in [0.4, 0.5) is 0 Å². The summed E-state index contributed by atoms with van der Waals surface area (Å²) in [6, 6.07) is 8.56. The van der Waals surface area contributed by atoms with Crippen molar-refractivity contribution in [3.05, 3.63) is 35.6 Å². The van der Waals surface area contributed by atoms with Crippen molar-refractivity contribution in [3.63, 3.8) is 0 Å². The van der Waals surface area contributed by atoms with Crippen molar-refractivity contribution in [2.24, 2.45) is 0 Å². The molecule has 0 radical (unpaired) electrons. The molecule has 0 saturated carbocycles. The van der Waals surface area contributed by atoms with Gasteiger partial charge in [-0.15, -0.1) is 0 Å². The summed E-state index contributed by atoms with van der Waals surface area (Å²) in [7, 11) is 0. The Morgan fingerprint density at radius 1 is 1.33 bits per heavy atom. The van der Waals surface area contributed by atoms with Crippen LogP contribution in [0.15, 0.2) is 28.7 Å². The molecule has 0 spiro atoms. The Morgan fingerprint density at radius 3 is 2.86 bits per heavy atom. The molecular weight excluding hydrogens is 262 g/mol. The second-order valence-electron chi connectivity index (χ2n) is 6.25.